The fourth-order valence-corrected chi connectivity index (χ4v) is 1.49. The van der Waals surface area contributed by atoms with Crippen molar-refractivity contribution in [3.05, 3.63) is 21.8 Å². The highest BCUT2D eigenvalue weighted by atomic mass is 127. The molecular formula is C8H6F2INO2. The number of hydrogen-bond acceptors (Lipinski definition) is 2. The van der Waals surface area contributed by atoms with Crippen LogP contribution in [0.4, 0.5) is 14.5 Å². The minimum absolute atomic E-state index is 0.0702. The van der Waals surface area contributed by atoms with Crippen LogP contribution in [0, 0.1) is 3.57 Å². The van der Waals surface area contributed by atoms with Crippen molar-refractivity contribution in [1.82, 2.24) is 0 Å². The van der Waals surface area contributed by atoms with Crippen LogP contribution >= 0.6 is 22.6 Å². The van der Waals surface area contributed by atoms with E-state index in [0.29, 0.717) is 15.7 Å². The van der Waals surface area contributed by atoms with Gasteiger partial charge in [0.05, 0.1) is 5.69 Å². The monoisotopic (exact) mass is 313 g/mol. The van der Waals surface area contributed by atoms with E-state index in [1.807, 2.05) is 22.6 Å². The van der Waals surface area contributed by atoms with E-state index in [1.54, 1.807) is 0 Å². The average Bonchev–Trinajstić information content (AvgIpc) is 2.09. The fraction of sp³-hybridized carbons (Fsp3) is 0.125. The zero-order valence-electron chi connectivity index (χ0n) is 6.84. The Morgan fingerprint density at radius 1 is 1.50 bits per heavy atom. The third-order valence-electron chi connectivity index (χ3n) is 1.38. The third kappa shape index (κ3) is 3.09. The van der Waals surface area contributed by atoms with Crippen molar-refractivity contribution in [1.29, 1.82) is 0 Å². The summed E-state index contributed by atoms with van der Waals surface area (Å²) >= 11 is 1.91. The summed E-state index contributed by atoms with van der Waals surface area (Å²) in [7, 11) is 0. The zero-order valence-corrected chi connectivity index (χ0v) is 8.99. The maximum atomic E-state index is 11.8. The van der Waals surface area contributed by atoms with Gasteiger partial charge in [0.1, 0.15) is 5.75 Å². The van der Waals surface area contributed by atoms with Crippen LogP contribution in [0.25, 0.3) is 0 Å². The molecule has 0 aliphatic rings. The molecule has 76 valence electrons. The molecule has 0 radical (unpaired) electrons. The van der Waals surface area contributed by atoms with E-state index < -0.39 is 6.61 Å². The highest BCUT2D eigenvalue weighted by molar-refractivity contribution is 14.1. The Morgan fingerprint density at radius 2 is 2.21 bits per heavy atom. The van der Waals surface area contributed by atoms with E-state index in [1.165, 1.54) is 18.2 Å². The molecule has 0 atom stereocenters. The third-order valence-corrected chi connectivity index (χ3v) is 2.27. The molecule has 0 fully saturated rings. The number of benzene rings is 1. The first-order chi connectivity index (χ1) is 6.63. The Hall–Kier alpha value is -0.920. The van der Waals surface area contributed by atoms with Gasteiger partial charge in [0.25, 0.3) is 0 Å². The van der Waals surface area contributed by atoms with Crippen molar-refractivity contribution in [2.45, 2.75) is 6.61 Å². The van der Waals surface area contributed by atoms with Crippen LogP contribution in [0.1, 0.15) is 0 Å². The predicted octanol–water partition coefficient (Wildman–Crippen LogP) is 2.46. The first-order valence-electron chi connectivity index (χ1n) is 3.58. The normalized spacial score (nSPS) is 10.0. The number of nitrogens with one attached hydrogen (secondary N) is 1. The molecule has 1 aromatic rings. The Kier molecular flexibility index (Phi) is 4.05. The van der Waals surface area contributed by atoms with Gasteiger partial charge in [0.15, 0.2) is 0 Å². The maximum Gasteiger partial charge on any atom is 0.387 e. The lowest BCUT2D eigenvalue weighted by atomic mass is 10.3. The lowest BCUT2D eigenvalue weighted by Gasteiger charge is -2.07. The summed E-state index contributed by atoms with van der Waals surface area (Å²) in [5, 5.41) is 2.43. The standard InChI is InChI=1S/C8H6F2INO2/c9-8(10)14-5-1-2-7(12-4-13)6(11)3-5/h1-4,8H,(H,12,13). The van der Waals surface area contributed by atoms with Crippen LogP contribution < -0.4 is 10.1 Å². The highest BCUT2D eigenvalue weighted by Crippen LogP contribution is 2.24. The summed E-state index contributed by atoms with van der Waals surface area (Å²) < 4.78 is 28.4. The number of carbonyl (C=O) groups is 1. The molecule has 1 N–H and O–H groups in total. The molecule has 0 heterocycles. The molecule has 6 heteroatoms. The second-order valence-corrected chi connectivity index (χ2v) is 3.44. The molecule has 0 saturated carbocycles. The molecule has 1 amide bonds. The topological polar surface area (TPSA) is 38.3 Å². The van der Waals surface area contributed by atoms with Crippen LogP contribution in [0.15, 0.2) is 18.2 Å². The molecule has 0 unspecified atom stereocenters. The van der Waals surface area contributed by atoms with Crippen molar-refractivity contribution in [2.75, 3.05) is 5.32 Å². The zero-order chi connectivity index (χ0) is 10.6. The second kappa shape index (κ2) is 5.08. The number of anilines is 1. The number of ether oxygens (including phenoxy) is 1. The summed E-state index contributed by atoms with van der Waals surface area (Å²) in [4.78, 5) is 10.1. The van der Waals surface area contributed by atoms with Crippen LogP contribution in [0.3, 0.4) is 0 Å². The van der Waals surface area contributed by atoms with Gasteiger partial charge in [-0.05, 0) is 40.8 Å². The molecule has 14 heavy (non-hydrogen) atoms. The Bertz CT molecular complexity index is 333. The van der Waals surface area contributed by atoms with E-state index in [2.05, 4.69) is 10.1 Å². The smallest absolute Gasteiger partial charge is 0.387 e. The van der Waals surface area contributed by atoms with Crippen molar-refractivity contribution < 1.29 is 18.3 Å². The molecule has 3 nitrogen and oxygen atoms in total. The summed E-state index contributed by atoms with van der Waals surface area (Å²) in [6, 6.07) is 4.27. The van der Waals surface area contributed by atoms with E-state index in [0.717, 1.165) is 0 Å². The largest absolute Gasteiger partial charge is 0.435 e. The van der Waals surface area contributed by atoms with Gasteiger partial charge in [0, 0.05) is 3.57 Å². The molecule has 1 aromatic carbocycles. The molecule has 0 saturated heterocycles. The summed E-state index contributed by atoms with van der Waals surface area (Å²) in [6.45, 7) is -2.84. The lowest BCUT2D eigenvalue weighted by molar-refractivity contribution is -0.105. The van der Waals surface area contributed by atoms with Gasteiger partial charge in [-0.3, -0.25) is 4.79 Å². The fourth-order valence-electron chi connectivity index (χ4n) is 0.853. The van der Waals surface area contributed by atoms with E-state index in [4.69, 9.17) is 0 Å². The van der Waals surface area contributed by atoms with Gasteiger partial charge in [-0.1, -0.05) is 0 Å². The van der Waals surface area contributed by atoms with Gasteiger partial charge in [-0.15, -0.1) is 0 Å². The van der Waals surface area contributed by atoms with Crippen molar-refractivity contribution in [2.24, 2.45) is 0 Å². The number of alkyl halides is 2. The minimum atomic E-state index is -2.84. The van der Waals surface area contributed by atoms with Crippen LogP contribution in [-0.2, 0) is 4.79 Å². The van der Waals surface area contributed by atoms with Gasteiger partial charge in [0.2, 0.25) is 6.41 Å². The summed E-state index contributed by atoms with van der Waals surface area (Å²) in [5.74, 6) is 0.0702. The van der Waals surface area contributed by atoms with Crippen LogP contribution in [0.2, 0.25) is 0 Å². The maximum absolute atomic E-state index is 11.8. The average molecular weight is 313 g/mol. The molecule has 0 aliphatic carbocycles. The Labute approximate surface area is 92.6 Å². The second-order valence-electron chi connectivity index (χ2n) is 2.28. The van der Waals surface area contributed by atoms with Gasteiger partial charge in [-0.2, -0.15) is 8.78 Å². The Morgan fingerprint density at radius 3 is 2.71 bits per heavy atom. The van der Waals surface area contributed by atoms with Crippen LogP contribution in [0.5, 0.6) is 5.75 Å². The molecule has 1 rings (SSSR count). The SMILES string of the molecule is O=CNc1ccc(OC(F)F)cc1I. The van der Waals surface area contributed by atoms with Gasteiger partial charge in [-0.25, -0.2) is 0 Å². The summed E-state index contributed by atoms with van der Waals surface area (Å²) in [6.07, 6.45) is 0.519. The van der Waals surface area contributed by atoms with Crippen molar-refractivity contribution >= 4 is 34.7 Å². The van der Waals surface area contributed by atoms with Crippen LogP contribution in [-0.4, -0.2) is 13.0 Å². The Balaban J connectivity index is 2.83. The quantitative estimate of drug-likeness (QED) is 0.685. The molecular weight excluding hydrogens is 307 g/mol. The number of carbonyl (C=O) groups excluding carboxylic acids is 1. The molecule has 0 spiro atoms. The number of rotatable bonds is 4. The van der Waals surface area contributed by atoms with E-state index in [-0.39, 0.29) is 5.75 Å². The number of amides is 1. The lowest BCUT2D eigenvalue weighted by Crippen LogP contribution is -2.03. The molecule has 0 bridgehead atoms. The predicted molar refractivity (Wildman–Crippen MR) is 55.5 cm³/mol. The van der Waals surface area contributed by atoms with E-state index in [9.17, 15) is 13.6 Å². The van der Waals surface area contributed by atoms with Crippen molar-refractivity contribution in [3.63, 3.8) is 0 Å². The molecule has 0 aliphatic heterocycles. The number of hydrogen-bond donors (Lipinski definition) is 1. The minimum Gasteiger partial charge on any atom is -0.435 e. The van der Waals surface area contributed by atoms with Crippen molar-refractivity contribution in [3.8, 4) is 5.75 Å². The summed E-state index contributed by atoms with van der Waals surface area (Å²) in [5.41, 5.74) is 0.558. The first kappa shape index (κ1) is 11.2. The molecule has 0 aromatic heterocycles. The van der Waals surface area contributed by atoms with Gasteiger partial charge < -0.3 is 10.1 Å². The van der Waals surface area contributed by atoms with E-state index >= 15 is 0 Å². The van der Waals surface area contributed by atoms with Gasteiger partial charge >= 0.3 is 6.61 Å². The highest BCUT2D eigenvalue weighted by Gasteiger charge is 2.06. The first-order valence-corrected chi connectivity index (χ1v) is 4.66. The number of halogens is 3.